The summed E-state index contributed by atoms with van der Waals surface area (Å²) >= 11 is 5.44. The van der Waals surface area contributed by atoms with Gasteiger partial charge >= 0.3 is 0 Å². The largest absolute Gasteiger partial charge is 0.494 e. The van der Waals surface area contributed by atoms with Crippen molar-refractivity contribution >= 4 is 28.9 Å². The van der Waals surface area contributed by atoms with Crippen LogP contribution in [-0.4, -0.2) is 24.2 Å². The molecule has 4 nitrogen and oxygen atoms in total. The van der Waals surface area contributed by atoms with Crippen LogP contribution in [0, 0.1) is 0 Å². The maximum absolute atomic E-state index is 12.1. The Kier molecular flexibility index (Phi) is 6.01. The summed E-state index contributed by atoms with van der Waals surface area (Å²) in [5, 5.41) is 3.34. The molecule has 1 aliphatic heterocycles. The fraction of sp³-hybridized carbons (Fsp3) is 0.300. The highest BCUT2D eigenvalue weighted by atomic mass is 32.1. The number of aryl methyl sites for hydroxylation is 1. The van der Waals surface area contributed by atoms with Crippen molar-refractivity contribution in [3.05, 3.63) is 60.2 Å². The number of hydrogen-bond donors (Lipinski definition) is 1. The molecule has 25 heavy (non-hydrogen) atoms. The second-order valence-corrected chi connectivity index (χ2v) is 6.39. The summed E-state index contributed by atoms with van der Waals surface area (Å²) in [6.45, 7) is 1.35. The third-order valence-corrected chi connectivity index (χ3v) is 4.48. The second-order valence-electron chi connectivity index (χ2n) is 6.00. The van der Waals surface area contributed by atoms with Crippen molar-refractivity contribution in [1.29, 1.82) is 0 Å². The zero-order valence-corrected chi connectivity index (χ0v) is 14.9. The number of nitrogens with zero attached hydrogens (tertiary/aromatic N) is 1. The molecule has 1 heterocycles. The highest BCUT2D eigenvalue weighted by Gasteiger charge is 2.20. The lowest BCUT2D eigenvalue weighted by Gasteiger charge is -2.31. The van der Waals surface area contributed by atoms with Gasteiger partial charge in [0.15, 0.2) is 5.11 Å². The van der Waals surface area contributed by atoms with Crippen LogP contribution in [0.3, 0.4) is 0 Å². The summed E-state index contributed by atoms with van der Waals surface area (Å²) in [5.74, 6) is 0.757. The molecule has 0 aliphatic carbocycles. The summed E-state index contributed by atoms with van der Waals surface area (Å²) < 4.78 is 5.60. The van der Waals surface area contributed by atoms with Gasteiger partial charge in [0.25, 0.3) is 0 Å². The number of para-hydroxylation sites is 2. The number of hydrogen-bond acceptors (Lipinski definition) is 3. The first-order chi connectivity index (χ1) is 12.2. The van der Waals surface area contributed by atoms with E-state index in [-0.39, 0.29) is 5.91 Å². The number of ether oxygens (including phenoxy) is 1. The van der Waals surface area contributed by atoms with Gasteiger partial charge in [0.2, 0.25) is 5.91 Å². The van der Waals surface area contributed by atoms with Gasteiger partial charge in [-0.05, 0) is 55.2 Å². The minimum atomic E-state index is -0.0651. The van der Waals surface area contributed by atoms with Gasteiger partial charge in [-0.1, -0.05) is 36.4 Å². The van der Waals surface area contributed by atoms with E-state index in [0.29, 0.717) is 24.6 Å². The lowest BCUT2D eigenvalue weighted by molar-refractivity contribution is -0.119. The topological polar surface area (TPSA) is 41.6 Å². The minimum absolute atomic E-state index is 0.0651. The van der Waals surface area contributed by atoms with Crippen LogP contribution in [0.4, 0.5) is 5.69 Å². The number of nitrogens with one attached hydrogen (secondary N) is 1. The predicted molar refractivity (Wildman–Crippen MR) is 104 cm³/mol. The molecule has 0 radical (unpaired) electrons. The Morgan fingerprint density at radius 3 is 2.72 bits per heavy atom. The monoisotopic (exact) mass is 354 g/mol. The molecular formula is C20H22N2O2S. The first kappa shape index (κ1) is 17.4. The smallest absolute Gasteiger partial charge is 0.226 e. The van der Waals surface area contributed by atoms with Crippen LogP contribution in [0.15, 0.2) is 54.6 Å². The van der Waals surface area contributed by atoms with Crippen molar-refractivity contribution in [3.8, 4) is 5.75 Å². The Labute approximate surface area is 153 Å². The Morgan fingerprint density at radius 2 is 1.88 bits per heavy atom. The van der Waals surface area contributed by atoms with E-state index >= 15 is 0 Å². The first-order valence-electron chi connectivity index (χ1n) is 8.61. The maximum atomic E-state index is 12.1. The molecule has 130 valence electrons. The number of fused-ring (bicyclic) bond motifs is 1. The summed E-state index contributed by atoms with van der Waals surface area (Å²) in [7, 11) is 0. The van der Waals surface area contributed by atoms with E-state index in [2.05, 4.69) is 17.4 Å². The summed E-state index contributed by atoms with van der Waals surface area (Å²) in [5.41, 5.74) is 2.38. The molecular weight excluding hydrogens is 332 g/mol. The number of benzene rings is 2. The lowest BCUT2D eigenvalue weighted by atomic mass is 10.0. The van der Waals surface area contributed by atoms with Crippen molar-refractivity contribution in [2.45, 2.75) is 25.7 Å². The number of anilines is 1. The Balaban J connectivity index is 1.44. The Morgan fingerprint density at radius 1 is 1.12 bits per heavy atom. The van der Waals surface area contributed by atoms with Crippen LogP contribution in [-0.2, 0) is 11.2 Å². The van der Waals surface area contributed by atoms with Gasteiger partial charge in [0.1, 0.15) is 5.75 Å². The molecule has 0 aromatic heterocycles. The normalized spacial score (nSPS) is 13.0. The first-order valence-corrected chi connectivity index (χ1v) is 9.02. The van der Waals surface area contributed by atoms with E-state index in [1.807, 2.05) is 47.4 Å². The SMILES string of the molecule is O=C(CCCOc1ccccc1)NC(=S)N1CCCc2ccccc21. The van der Waals surface area contributed by atoms with Crippen LogP contribution < -0.4 is 15.0 Å². The zero-order chi connectivity index (χ0) is 17.5. The molecule has 3 rings (SSSR count). The third kappa shape index (κ3) is 4.79. The van der Waals surface area contributed by atoms with Gasteiger partial charge in [-0.15, -0.1) is 0 Å². The Bertz CT molecular complexity index is 733. The third-order valence-electron chi connectivity index (χ3n) is 4.16. The molecule has 0 saturated heterocycles. The number of amides is 1. The van der Waals surface area contributed by atoms with Crippen molar-refractivity contribution in [3.63, 3.8) is 0 Å². The average Bonchev–Trinajstić information content (AvgIpc) is 2.65. The molecule has 0 spiro atoms. The van der Waals surface area contributed by atoms with Gasteiger partial charge in [-0.2, -0.15) is 0 Å². The minimum Gasteiger partial charge on any atom is -0.494 e. The molecule has 0 saturated carbocycles. The standard InChI is InChI=1S/C20H22N2O2S/c23-19(13-7-15-24-17-10-2-1-3-11-17)21-20(25)22-14-6-9-16-8-4-5-12-18(16)22/h1-5,8,10-12H,6-7,9,13-15H2,(H,21,23,25). The summed E-state index contributed by atoms with van der Waals surface area (Å²) in [6, 6.07) is 17.8. The highest BCUT2D eigenvalue weighted by molar-refractivity contribution is 7.80. The number of carbonyl (C=O) groups excluding carboxylic acids is 1. The summed E-state index contributed by atoms with van der Waals surface area (Å²) in [4.78, 5) is 14.2. The van der Waals surface area contributed by atoms with Crippen molar-refractivity contribution < 1.29 is 9.53 Å². The lowest BCUT2D eigenvalue weighted by Crippen LogP contribution is -2.45. The van der Waals surface area contributed by atoms with E-state index in [1.54, 1.807) is 0 Å². The highest BCUT2D eigenvalue weighted by Crippen LogP contribution is 2.26. The van der Waals surface area contributed by atoms with Gasteiger partial charge in [-0.3, -0.25) is 4.79 Å². The molecule has 1 amide bonds. The van der Waals surface area contributed by atoms with E-state index in [4.69, 9.17) is 17.0 Å². The zero-order valence-electron chi connectivity index (χ0n) is 14.1. The van der Waals surface area contributed by atoms with Gasteiger partial charge in [0.05, 0.1) is 6.61 Å². The summed E-state index contributed by atoms with van der Waals surface area (Å²) in [6.07, 6.45) is 3.14. The van der Waals surface area contributed by atoms with E-state index in [0.717, 1.165) is 30.8 Å². The van der Waals surface area contributed by atoms with Gasteiger partial charge in [0, 0.05) is 18.7 Å². The van der Waals surface area contributed by atoms with E-state index in [1.165, 1.54) is 5.56 Å². The van der Waals surface area contributed by atoms with E-state index in [9.17, 15) is 4.79 Å². The predicted octanol–water partition coefficient (Wildman–Crippen LogP) is 3.70. The molecule has 0 atom stereocenters. The van der Waals surface area contributed by atoms with Gasteiger partial charge < -0.3 is 15.0 Å². The fourth-order valence-electron chi connectivity index (χ4n) is 2.93. The molecule has 2 aromatic carbocycles. The molecule has 0 unspecified atom stereocenters. The van der Waals surface area contributed by atoms with Crippen LogP contribution >= 0.6 is 12.2 Å². The van der Waals surface area contributed by atoms with Crippen LogP contribution in [0.1, 0.15) is 24.8 Å². The van der Waals surface area contributed by atoms with E-state index < -0.39 is 0 Å². The quantitative estimate of drug-likeness (QED) is 0.657. The average molecular weight is 354 g/mol. The molecule has 0 fully saturated rings. The molecule has 0 bridgehead atoms. The Hall–Kier alpha value is -2.40. The maximum Gasteiger partial charge on any atom is 0.226 e. The molecule has 1 N–H and O–H groups in total. The van der Waals surface area contributed by atoms with Crippen LogP contribution in [0.2, 0.25) is 0 Å². The van der Waals surface area contributed by atoms with Crippen LogP contribution in [0.25, 0.3) is 0 Å². The van der Waals surface area contributed by atoms with Gasteiger partial charge in [-0.25, -0.2) is 0 Å². The van der Waals surface area contributed by atoms with Crippen molar-refractivity contribution in [2.75, 3.05) is 18.1 Å². The fourth-order valence-corrected chi connectivity index (χ4v) is 3.24. The molecule has 1 aliphatic rings. The van der Waals surface area contributed by atoms with Crippen LogP contribution in [0.5, 0.6) is 5.75 Å². The van der Waals surface area contributed by atoms with Crippen molar-refractivity contribution in [2.24, 2.45) is 0 Å². The second kappa shape index (κ2) is 8.62. The number of rotatable bonds is 5. The van der Waals surface area contributed by atoms with Crippen molar-refractivity contribution in [1.82, 2.24) is 5.32 Å². The number of carbonyl (C=O) groups is 1. The molecule has 2 aromatic rings. The molecule has 5 heteroatoms. The number of thiocarbonyl (C=S) groups is 1.